The van der Waals surface area contributed by atoms with Crippen molar-refractivity contribution in [2.45, 2.75) is 22.6 Å². The molecular weight excluding hydrogens is 365 g/mol. The third-order valence-electron chi connectivity index (χ3n) is 5.66. The fourth-order valence-corrected chi connectivity index (χ4v) is 6.53. The summed E-state index contributed by atoms with van der Waals surface area (Å²) in [5.74, 6) is -0.330. The van der Waals surface area contributed by atoms with Crippen LogP contribution in [0.1, 0.15) is 17.0 Å². The van der Waals surface area contributed by atoms with Crippen LogP contribution in [0.4, 0.5) is 4.39 Å². The normalized spacial score (nSPS) is 23.3. The summed E-state index contributed by atoms with van der Waals surface area (Å²) in [5, 5.41) is -0.459. The Bertz CT molecular complexity index is 1110. The van der Waals surface area contributed by atoms with Crippen molar-refractivity contribution in [3.63, 3.8) is 0 Å². The summed E-state index contributed by atoms with van der Waals surface area (Å²) in [5.41, 5.74) is 3.35. The van der Waals surface area contributed by atoms with Crippen molar-refractivity contribution in [1.29, 1.82) is 0 Å². The molecule has 5 rings (SSSR count). The van der Waals surface area contributed by atoms with E-state index in [1.165, 1.54) is 6.07 Å². The zero-order chi connectivity index (χ0) is 18.6. The van der Waals surface area contributed by atoms with Crippen LogP contribution in [0.25, 0.3) is 11.1 Å². The lowest BCUT2D eigenvalue weighted by atomic mass is 9.95. The fraction of sp³-hybridized carbons (Fsp3) is 0.238. The summed E-state index contributed by atoms with van der Waals surface area (Å²) in [6.07, 6.45) is 3.26. The molecule has 0 spiro atoms. The number of benzene rings is 2. The minimum Gasteiger partial charge on any atom is -0.472 e. The Morgan fingerprint density at radius 3 is 2.70 bits per heavy atom. The van der Waals surface area contributed by atoms with Gasteiger partial charge >= 0.3 is 0 Å². The molecule has 2 atom stereocenters. The summed E-state index contributed by atoms with van der Waals surface area (Å²) in [6, 6.07) is 14.0. The van der Waals surface area contributed by atoms with Crippen LogP contribution in [0, 0.1) is 5.82 Å². The lowest BCUT2D eigenvalue weighted by molar-refractivity contribution is 0.320. The van der Waals surface area contributed by atoms with Crippen LogP contribution in [-0.2, 0) is 16.4 Å². The number of halogens is 1. The largest absolute Gasteiger partial charge is 0.472 e. The van der Waals surface area contributed by atoms with E-state index in [0.717, 1.165) is 16.7 Å². The third-order valence-corrected chi connectivity index (χ3v) is 7.92. The molecule has 4 nitrogen and oxygen atoms in total. The minimum absolute atomic E-state index is 0.0800. The first-order chi connectivity index (χ1) is 13.0. The first-order valence-corrected chi connectivity index (χ1v) is 10.4. The zero-order valence-corrected chi connectivity index (χ0v) is 15.3. The Kier molecular flexibility index (Phi) is 3.74. The topological polar surface area (TPSA) is 50.5 Å². The number of furan rings is 1. The molecule has 1 fully saturated rings. The Hall–Kier alpha value is -2.44. The van der Waals surface area contributed by atoms with Crippen molar-refractivity contribution in [3.8, 4) is 11.1 Å². The predicted octanol–water partition coefficient (Wildman–Crippen LogP) is 3.84. The molecule has 1 aromatic heterocycles. The maximum Gasteiger partial charge on any atom is 0.183 e. The van der Waals surface area contributed by atoms with E-state index in [1.807, 2.05) is 23.1 Å². The number of nitrogens with zero attached hydrogens (tertiary/aromatic N) is 1. The summed E-state index contributed by atoms with van der Waals surface area (Å²) >= 11 is 0. The molecule has 3 heterocycles. The van der Waals surface area contributed by atoms with Crippen LogP contribution in [-0.4, -0.2) is 31.7 Å². The number of hydrogen-bond acceptors (Lipinski definition) is 4. The average Bonchev–Trinajstić information content (AvgIpc) is 3.36. The molecule has 27 heavy (non-hydrogen) atoms. The number of likely N-dealkylation sites (tertiary alicyclic amines) is 1. The highest BCUT2D eigenvalue weighted by Crippen LogP contribution is 2.46. The molecule has 0 bridgehead atoms. The van der Waals surface area contributed by atoms with Gasteiger partial charge in [0.15, 0.2) is 9.84 Å². The Morgan fingerprint density at radius 1 is 1.07 bits per heavy atom. The van der Waals surface area contributed by atoms with E-state index < -0.39 is 15.1 Å². The van der Waals surface area contributed by atoms with Gasteiger partial charge in [0.25, 0.3) is 0 Å². The molecule has 2 aliphatic heterocycles. The Labute approximate surface area is 157 Å². The molecule has 6 heteroatoms. The second kappa shape index (κ2) is 6.04. The molecule has 2 aromatic carbocycles. The molecule has 0 unspecified atom stereocenters. The van der Waals surface area contributed by atoms with Crippen LogP contribution in [0.2, 0.25) is 0 Å². The van der Waals surface area contributed by atoms with Crippen LogP contribution in [0.5, 0.6) is 0 Å². The van der Waals surface area contributed by atoms with Crippen LogP contribution < -0.4 is 0 Å². The molecule has 0 saturated carbocycles. The smallest absolute Gasteiger partial charge is 0.183 e. The summed E-state index contributed by atoms with van der Waals surface area (Å²) in [4.78, 5) is 2.48. The molecule has 2 aliphatic rings. The Balaban J connectivity index is 1.48. The predicted molar refractivity (Wildman–Crippen MR) is 99.5 cm³/mol. The van der Waals surface area contributed by atoms with Gasteiger partial charge in [0.2, 0.25) is 0 Å². The van der Waals surface area contributed by atoms with Gasteiger partial charge in [-0.1, -0.05) is 24.3 Å². The molecule has 0 radical (unpaired) electrons. The first-order valence-electron chi connectivity index (χ1n) is 8.90. The number of sulfone groups is 1. The quantitative estimate of drug-likeness (QED) is 0.690. The molecule has 0 aliphatic carbocycles. The zero-order valence-electron chi connectivity index (χ0n) is 14.5. The van der Waals surface area contributed by atoms with Crippen molar-refractivity contribution in [1.82, 2.24) is 4.90 Å². The first kappa shape index (κ1) is 16.7. The van der Waals surface area contributed by atoms with Crippen molar-refractivity contribution < 1.29 is 17.2 Å². The maximum absolute atomic E-state index is 14.0. The maximum atomic E-state index is 14.0. The standard InChI is InChI=1S/C21H18FNO3S/c22-19-4-2-1-3-15(19)10-23-11-18-17-9-14(16-7-8-26-13-16)5-6-20(17)27(24,25)21(18)12-23/h1-9,13,18,21H,10-12H2/t18-,21-/m0/s1. The monoisotopic (exact) mass is 383 g/mol. The second-order valence-electron chi connectivity index (χ2n) is 7.24. The van der Waals surface area contributed by atoms with Gasteiger partial charge in [-0.2, -0.15) is 0 Å². The van der Waals surface area contributed by atoms with Crippen LogP contribution >= 0.6 is 0 Å². The van der Waals surface area contributed by atoms with Gasteiger partial charge < -0.3 is 4.42 Å². The van der Waals surface area contributed by atoms with Gasteiger partial charge in [0, 0.05) is 36.7 Å². The average molecular weight is 383 g/mol. The van der Waals surface area contributed by atoms with E-state index in [9.17, 15) is 12.8 Å². The van der Waals surface area contributed by atoms with Gasteiger partial charge in [-0.05, 0) is 35.4 Å². The number of fused-ring (bicyclic) bond motifs is 3. The molecule has 0 N–H and O–H groups in total. The van der Waals surface area contributed by atoms with E-state index in [-0.39, 0.29) is 11.7 Å². The third kappa shape index (κ3) is 2.63. The van der Waals surface area contributed by atoms with Gasteiger partial charge in [0.05, 0.1) is 22.7 Å². The molecular formula is C21H18FNO3S. The van der Waals surface area contributed by atoms with Gasteiger partial charge in [-0.15, -0.1) is 0 Å². The van der Waals surface area contributed by atoms with Crippen LogP contribution in [0.3, 0.4) is 0 Å². The van der Waals surface area contributed by atoms with E-state index in [4.69, 9.17) is 4.42 Å². The van der Waals surface area contributed by atoms with Crippen molar-refractivity contribution in [2.75, 3.05) is 13.1 Å². The lowest BCUT2D eigenvalue weighted by Crippen LogP contribution is -2.26. The van der Waals surface area contributed by atoms with Crippen molar-refractivity contribution >= 4 is 9.84 Å². The fourth-order valence-electron chi connectivity index (χ4n) is 4.33. The lowest BCUT2D eigenvalue weighted by Gasteiger charge is -2.18. The molecule has 3 aromatic rings. The summed E-state index contributed by atoms with van der Waals surface area (Å²) in [7, 11) is -3.36. The highest BCUT2D eigenvalue weighted by atomic mass is 32.2. The molecule has 1 saturated heterocycles. The van der Waals surface area contributed by atoms with E-state index >= 15 is 0 Å². The van der Waals surface area contributed by atoms with Gasteiger partial charge in [-0.3, -0.25) is 4.90 Å². The minimum atomic E-state index is -3.36. The highest BCUT2D eigenvalue weighted by Gasteiger charge is 2.50. The van der Waals surface area contributed by atoms with Gasteiger partial charge in [-0.25, -0.2) is 12.8 Å². The number of hydrogen-bond donors (Lipinski definition) is 0. The Morgan fingerprint density at radius 2 is 1.93 bits per heavy atom. The van der Waals surface area contributed by atoms with E-state index in [2.05, 4.69) is 0 Å². The number of rotatable bonds is 3. The summed E-state index contributed by atoms with van der Waals surface area (Å²) < 4.78 is 45.1. The SMILES string of the molecule is O=S1(=O)c2ccc(-c3ccoc3)cc2[C@@H]2CN(Cc3ccccc3F)C[C@@H]21. The summed E-state index contributed by atoms with van der Waals surface area (Å²) in [6.45, 7) is 1.46. The highest BCUT2D eigenvalue weighted by molar-refractivity contribution is 7.92. The van der Waals surface area contributed by atoms with E-state index in [0.29, 0.717) is 30.1 Å². The van der Waals surface area contributed by atoms with Crippen molar-refractivity contribution in [3.05, 3.63) is 78.0 Å². The van der Waals surface area contributed by atoms with E-state index in [1.54, 1.807) is 36.8 Å². The van der Waals surface area contributed by atoms with Crippen molar-refractivity contribution in [2.24, 2.45) is 0 Å². The second-order valence-corrected chi connectivity index (χ2v) is 9.38. The van der Waals surface area contributed by atoms with Gasteiger partial charge in [0.1, 0.15) is 5.82 Å². The molecule has 0 amide bonds. The van der Waals surface area contributed by atoms with Crippen LogP contribution in [0.15, 0.2) is 70.4 Å². The molecule has 138 valence electrons.